The molecule has 0 aliphatic carbocycles. The first-order valence-electron chi connectivity index (χ1n) is 6.66. The summed E-state index contributed by atoms with van der Waals surface area (Å²) in [6, 6.07) is 8.67. The maximum atomic E-state index is 11.9. The maximum absolute atomic E-state index is 11.9. The molecule has 4 nitrogen and oxygen atoms in total. The molecule has 0 saturated heterocycles. The lowest BCUT2D eigenvalue weighted by Crippen LogP contribution is -2.39. The minimum absolute atomic E-state index is 0.0308. The third kappa shape index (κ3) is 7.55. The van der Waals surface area contributed by atoms with Gasteiger partial charge in [0.25, 0.3) is 0 Å². The molecule has 1 aromatic carbocycles. The van der Waals surface area contributed by atoms with Crippen LogP contribution in [0.3, 0.4) is 0 Å². The molecule has 0 aromatic heterocycles. The van der Waals surface area contributed by atoms with Crippen molar-refractivity contribution in [2.45, 2.75) is 24.9 Å². The molecule has 0 radical (unpaired) electrons. The molecular weight excluding hydrogens is 285 g/mol. The van der Waals surface area contributed by atoms with Gasteiger partial charge >= 0.3 is 12.2 Å². The lowest BCUT2D eigenvalue weighted by molar-refractivity contribution is -0.132. The fourth-order valence-corrected chi connectivity index (χ4v) is 1.86. The average Bonchev–Trinajstić information content (AvgIpc) is 2.43. The van der Waals surface area contributed by atoms with Crippen molar-refractivity contribution >= 4 is 6.03 Å². The van der Waals surface area contributed by atoms with Crippen LogP contribution < -0.4 is 10.6 Å². The molecule has 0 heterocycles. The second-order valence-electron chi connectivity index (χ2n) is 4.62. The third-order valence-electron chi connectivity index (χ3n) is 2.95. The Bertz CT molecular complexity index is 424. The molecule has 0 saturated carbocycles. The minimum Gasteiger partial charge on any atom is -0.396 e. The quantitative estimate of drug-likeness (QED) is 0.724. The number of hydrogen-bond donors (Lipinski definition) is 3. The third-order valence-corrected chi connectivity index (χ3v) is 2.95. The molecule has 7 heteroatoms. The Hall–Kier alpha value is -1.76. The van der Waals surface area contributed by atoms with Crippen LogP contribution in [-0.2, 0) is 0 Å². The van der Waals surface area contributed by atoms with Crippen molar-refractivity contribution in [3.05, 3.63) is 35.9 Å². The van der Waals surface area contributed by atoms with Gasteiger partial charge in [-0.15, -0.1) is 0 Å². The Morgan fingerprint density at radius 2 is 1.86 bits per heavy atom. The molecule has 1 aromatic rings. The Morgan fingerprint density at radius 1 is 1.19 bits per heavy atom. The van der Waals surface area contributed by atoms with Crippen LogP contribution in [0.5, 0.6) is 0 Å². The predicted octanol–water partition coefficient (Wildman–Crippen LogP) is 2.40. The highest BCUT2D eigenvalue weighted by atomic mass is 19.4. The van der Waals surface area contributed by atoms with Crippen molar-refractivity contribution in [2.75, 3.05) is 19.7 Å². The minimum atomic E-state index is -4.28. The molecule has 0 aliphatic rings. The summed E-state index contributed by atoms with van der Waals surface area (Å²) in [7, 11) is 0. The molecule has 1 unspecified atom stereocenters. The standard InChI is InChI=1S/C14H19F3N2O2/c15-14(16,17)7-8-18-13(21)19-10-12(6-9-20)11-4-2-1-3-5-11/h1-5,12,20H,6-10H2,(H2,18,19,21). The molecule has 0 aliphatic heterocycles. The zero-order valence-corrected chi connectivity index (χ0v) is 11.5. The van der Waals surface area contributed by atoms with E-state index in [1.807, 2.05) is 30.3 Å². The van der Waals surface area contributed by atoms with Crippen molar-refractivity contribution in [1.29, 1.82) is 0 Å². The molecule has 2 amide bonds. The van der Waals surface area contributed by atoms with Crippen LogP contribution in [0.1, 0.15) is 24.3 Å². The van der Waals surface area contributed by atoms with Gasteiger partial charge in [-0.25, -0.2) is 4.79 Å². The number of hydrogen-bond acceptors (Lipinski definition) is 2. The zero-order valence-electron chi connectivity index (χ0n) is 11.5. The highest BCUT2D eigenvalue weighted by Gasteiger charge is 2.26. The van der Waals surface area contributed by atoms with E-state index in [4.69, 9.17) is 5.11 Å². The van der Waals surface area contributed by atoms with Gasteiger partial charge in [0.1, 0.15) is 0 Å². The molecule has 1 atom stereocenters. The van der Waals surface area contributed by atoms with E-state index in [0.29, 0.717) is 6.42 Å². The van der Waals surface area contributed by atoms with Gasteiger partial charge in [-0.05, 0) is 12.0 Å². The monoisotopic (exact) mass is 304 g/mol. The SMILES string of the molecule is O=C(NCCC(F)(F)F)NCC(CCO)c1ccccc1. The number of aliphatic hydroxyl groups excluding tert-OH is 1. The van der Waals surface area contributed by atoms with E-state index < -0.39 is 25.2 Å². The Balaban J connectivity index is 2.38. The normalized spacial score (nSPS) is 12.8. The summed E-state index contributed by atoms with van der Waals surface area (Å²) in [5.74, 6) is -0.0791. The van der Waals surface area contributed by atoms with E-state index in [-0.39, 0.29) is 19.1 Å². The van der Waals surface area contributed by atoms with E-state index >= 15 is 0 Å². The molecule has 1 rings (SSSR count). The fourth-order valence-electron chi connectivity index (χ4n) is 1.86. The molecule has 118 valence electrons. The second-order valence-corrected chi connectivity index (χ2v) is 4.62. The topological polar surface area (TPSA) is 61.4 Å². The van der Waals surface area contributed by atoms with E-state index in [1.165, 1.54) is 0 Å². The number of carbonyl (C=O) groups is 1. The van der Waals surface area contributed by atoms with Crippen molar-refractivity contribution in [2.24, 2.45) is 0 Å². The van der Waals surface area contributed by atoms with Gasteiger partial charge in [-0.2, -0.15) is 13.2 Å². The second kappa shape index (κ2) is 8.51. The zero-order chi connectivity index (χ0) is 15.7. The van der Waals surface area contributed by atoms with E-state index in [0.717, 1.165) is 5.56 Å². The van der Waals surface area contributed by atoms with Crippen LogP contribution in [0, 0.1) is 0 Å². The summed E-state index contributed by atoms with van der Waals surface area (Å²) in [6.45, 7) is -0.231. The first kappa shape index (κ1) is 17.3. The smallest absolute Gasteiger partial charge is 0.390 e. The van der Waals surface area contributed by atoms with Crippen LogP contribution in [0.15, 0.2) is 30.3 Å². The summed E-state index contributed by atoms with van der Waals surface area (Å²) in [5.41, 5.74) is 0.960. The van der Waals surface area contributed by atoms with Gasteiger partial charge < -0.3 is 15.7 Å². The number of aliphatic hydroxyl groups is 1. The highest BCUT2D eigenvalue weighted by molar-refractivity contribution is 5.73. The highest BCUT2D eigenvalue weighted by Crippen LogP contribution is 2.19. The summed E-state index contributed by atoms with van der Waals surface area (Å²) in [6.07, 6.45) is -4.87. The maximum Gasteiger partial charge on any atom is 0.390 e. The van der Waals surface area contributed by atoms with Gasteiger partial charge in [-0.3, -0.25) is 0 Å². The fraction of sp³-hybridized carbons (Fsp3) is 0.500. The van der Waals surface area contributed by atoms with Crippen molar-refractivity contribution in [3.63, 3.8) is 0 Å². The van der Waals surface area contributed by atoms with Gasteiger partial charge in [0, 0.05) is 25.6 Å². The van der Waals surface area contributed by atoms with E-state index in [2.05, 4.69) is 10.6 Å². The summed E-state index contributed by atoms with van der Waals surface area (Å²) in [5, 5.41) is 13.7. The van der Waals surface area contributed by atoms with E-state index in [9.17, 15) is 18.0 Å². The van der Waals surface area contributed by atoms with Crippen molar-refractivity contribution in [3.8, 4) is 0 Å². The summed E-state index contributed by atoms with van der Waals surface area (Å²) in [4.78, 5) is 11.4. The van der Waals surface area contributed by atoms with Crippen molar-refractivity contribution in [1.82, 2.24) is 10.6 Å². The number of amides is 2. The first-order valence-corrected chi connectivity index (χ1v) is 6.66. The number of rotatable bonds is 7. The Labute approximate surface area is 121 Å². The number of urea groups is 1. The largest absolute Gasteiger partial charge is 0.396 e. The van der Waals surface area contributed by atoms with Crippen molar-refractivity contribution < 1.29 is 23.1 Å². The van der Waals surface area contributed by atoms with E-state index in [1.54, 1.807) is 0 Å². The predicted molar refractivity (Wildman–Crippen MR) is 73.0 cm³/mol. The molecule has 0 fully saturated rings. The average molecular weight is 304 g/mol. The Morgan fingerprint density at radius 3 is 2.43 bits per heavy atom. The summed E-state index contributed by atoms with van der Waals surface area (Å²) < 4.78 is 35.8. The number of nitrogens with one attached hydrogen (secondary N) is 2. The van der Waals surface area contributed by atoms with Gasteiger partial charge in [0.2, 0.25) is 0 Å². The van der Waals surface area contributed by atoms with Crippen LogP contribution in [0.4, 0.5) is 18.0 Å². The number of alkyl halides is 3. The van der Waals surface area contributed by atoms with Gasteiger partial charge in [-0.1, -0.05) is 30.3 Å². The van der Waals surface area contributed by atoms with Crippen LogP contribution in [-0.4, -0.2) is 37.0 Å². The number of benzene rings is 1. The molecule has 3 N–H and O–H groups in total. The number of halogens is 3. The van der Waals surface area contributed by atoms with Crippen LogP contribution >= 0.6 is 0 Å². The lowest BCUT2D eigenvalue weighted by Gasteiger charge is -2.17. The molecule has 0 spiro atoms. The molecule has 0 bridgehead atoms. The Kier molecular flexibility index (Phi) is 7.01. The number of carbonyl (C=O) groups excluding carboxylic acids is 1. The van der Waals surface area contributed by atoms with Crippen LogP contribution in [0.2, 0.25) is 0 Å². The van der Waals surface area contributed by atoms with Crippen LogP contribution in [0.25, 0.3) is 0 Å². The lowest BCUT2D eigenvalue weighted by atomic mass is 9.96. The van der Waals surface area contributed by atoms with Gasteiger partial charge in [0.15, 0.2) is 0 Å². The van der Waals surface area contributed by atoms with Gasteiger partial charge in [0.05, 0.1) is 6.42 Å². The molecular formula is C14H19F3N2O2. The first-order chi connectivity index (χ1) is 9.92. The molecule has 21 heavy (non-hydrogen) atoms. The summed E-state index contributed by atoms with van der Waals surface area (Å²) >= 11 is 0.